The van der Waals surface area contributed by atoms with Crippen molar-refractivity contribution in [2.45, 2.75) is 58.9 Å². The Labute approximate surface area is 108 Å². The van der Waals surface area contributed by atoms with Crippen molar-refractivity contribution >= 4 is 0 Å². The van der Waals surface area contributed by atoms with Gasteiger partial charge >= 0.3 is 0 Å². The molecule has 1 fully saturated rings. The van der Waals surface area contributed by atoms with E-state index in [-0.39, 0.29) is 0 Å². The Morgan fingerprint density at radius 1 is 1.12 bits per heavy atom. The van der Waals surface area contributed by atoms with Crippen molar-refractivity contribution in [1.82, 2.24) is 5.32 Å². The molecule has 0 bridgehead atoms. The van der Waals surface area contributed by atoms with Gasteiger partial charge in [-0.05, 0) is 37.1 Å². The van der Waals surface area contributed by atoms with Crippen LogP contribution in [0.4, 0.5) is 0 Å². The highest BCUT2D eigenvalue weighted by molar-refractivity contribution is 4.76. The first-order valence-electron chi connectivity index (χ1n) is 7.39. The summed E-state index contributed by atoms with van der Waals surface area (Å²) in [4.78, 5) is 0. The zero-order valence-corrected chi connectivity index (χ0v) is 12.2. The van der Waals surface area contributed by atoms with Gasteiger partial charge in [-0.1, -0.05) is 40.0 Å². The molecular formula is C15H31NO. The van der Waals surface area contributed by atoms with Crippen LogP contribution in [0.3, 0.4) is 0 Å². The lowest BCUT2D eigenvalue weighted by Crippen LogP contribution is -2.41. The Morgan fingerprint density at radius 3 is 2.18 bits per heavy atom. The fraction of sp³-hybridized carbons (Fsp3) is 1.00. The molecule has 1 atom stereocenters. The van der Waals surface area contributed by atoms with Crippen LogP contribution in [0, 0.1) is 17.8 Å². The van der Waals surface area contributed by atoms with Crippen molar-refractivity contribution in [1.29, 1.82) is 0 Å². The molecule has 2 nitrogen and oxygen atoms in total. The molecule has 1 rings (SSSR count). The van der Waals surface area contributed by atoms with Crippen molar-refractivity contribution < 1.29 is 4.74 Å². The smallest absolute Gasteiger partial charge is 0.0618 e. The molecule has 1 N–H and O–H groups in total. The normalized spacial score (nSPS) is 27.4. The molecule has 0 amide bonds. The Balaban J connectivity index is 2.21. The number of nitrogens with one attached hydrogen (secondary N) is 1. The van der Waals surface area contributed by atoms with E-state index in [1.165, 1.54) is 38.6 Å². The molecule has 1 saturated carbocycles. The minimum atomic E-state index is 0.517. The molecule has 1 aliphatic carbocycles. The summed E-state index contributed by atoms with van der Waals surface area (Å²) in [6, 6.07) is 0.517. The molecule has 0 heterocycles. The van der Waals surface area contributed by atoms with Gasteiger partial charge in [0.2, 0.25) is 0 Å². The van der Waals surface area contributed by atoms with E-state index in [0.29, 0.717) is 12.0 Å². The summed E-state index contributed by atoms with van der Waals surface area (Å²) in [6.07, 6.45) is 7.10. The van der Waals surface area contributed by atoms with Crippen molar-refractivity contribution in [3.8, 4) is 0 Å². The van der Waals surface area contributed by atoms with Crippen LogP contribution in [0.25, 0.3) is 0 Å². The Hall–Kier alpha value is -0.0800. The van der Waals surface area contributed by atoms with Gasteiger partial charge < -0.3 is 10.1 Å². The topological polar surface area (TPSA) is 21.3 Å². The zero-order valence-electron chi connectivity index (χ0n) is 12.2. The molecule has 1 unspecified atom stereocenters. The Morgan fingerprint density at radius 2 is 1.71 bits per heavy atom. The van der Waals surface area contributed by atoms with Gasteiger partial charge in [-0.25, -0.2) is 0 Å². The lowest BCUT2D eigenvalue weighted by atomic mass is 9.81. The van der Waals surface area contributed by atoms with Gasteiger partial charge in [0, 0.05) is 13.2 Å². The second-order valence-corrected chi connectivity index (χ2v) is 6.01. The van der Waals surface area contributed by atoms with Crippen molar-refractivity contribution in [3.05, 3.63) is 0 Å². The molecule has 1 aliphatic rings. The Bertz CT molecular complexity index is 185. The van der Waals surface area contributed by atoms with Crippen LogP contribution in [-0.4, -0.2) is 26.3 Å². The summed E-state index contributed by atoms with van der Waals surface area (Å²) in [7, 11) is 1.80. The van der Waals surface area contributed by atoms with Crippen LogP contribution in [0.2, 0.25) is 0 Å². The van der Waals surface area contributed by atoms with E-state index in [0.717, 1.165) is 18.4 Å². The van der Waals surface area contributed by atoms with Crippen molar-refractivity contribution in [3.63, 3.8) is 0 Å². The van der Waals surface area contributed by atoms with E-state index in [4.69, 9.17) is 4.74 Å². The van der Waals surface area contributed by atoms with Crippen LogP contribution >= 0.6 is 0 Å². The molecular weight excluding hydrogens is 210 g/mol. The average Bonchev–Trinajstić information content (AvgIpc) is 2.34. The van der Waals surface area contributed by atoms with Crippen LogP contribution in [0.15, 0.2) is 0 Å². The molecule has 0 aromatic heterocycles. The number of methoxy groups -OCH3 is 1. The second-order valence-electron chi connectivity index (χ2n) is 6.01. The number of ether oxygens (including phenoxy) is 1. The lowest BCUT2D eigenvalue weighted by molar-refractivity contribution is 0.140. The molecule has 0 radical (unpaired) electrons. The van der Waals surface area contributed by atoms with Gasteiger partial charge in [-0.2, -0.15) is 0 Å². The Kier molecular flexibility index (Phi) is 7.14. The third-order valence-corrected chi connectivity index (χ3v) is 4.36. The monoisotopic (exact) mass is 241 g/mol. The largest absolute Gasteiger partial charge is 0.383 e. The molecule has 0 spiro atoms. The summed E-state index contributed by atoms with van der Waals surface area (Å²) < 4.78 is 5.28. The molecule has 0 aliphatic heterocycles. The molecule has 102 valence electrons. The van der Waals surface area contributed by atoms with Gasteiger partial charge in [0.25, 0.3) is 0 Å². The highest BCUT2D eigenvalue weighted by atomic mass is 16.5. The second kappa shape index (κ2) is 8.10. The third kappa shape index (κ3) is 5.39. The van der Waals surface area contributed by atoms with Crippen LogP contribution in [-0.2, 0) is 4.74 Å². The number of rotatable bonds is 7. The first kappa shape index (κ1) is 15.0. The zero-order chi connectivity index (χ0) is 12.7. The van der Waals surface area contributed by atoms with Crippen LogP contribution in [0.1, 0.15) is 52.9 Å². The summed E-state index contributed by atoms with van der Waals surface area (Å²) in [6.45, 7) is 8.89. The van der Waals surface area contributed by atoms with Crippen LogP contribution < -0.4 is 5.32 Å². The minimum absolute atomic E-state index is 0.517. The lowest BCUT2D eigenvalue weighted by Gasteiger charge is -2.30. The van der Waals surface area contributed by atoms with E-state index in [1.54, 1.807) is 7.11 Å². The van der Waals surface area contributed by atoms with E-state index in [2.05, 4.69) is 26.1 Å². The number of hydrogen-bond acceptors (Lipinski definition) is 2. The molecule has 0 saturated heterocycles. The standard InChI is InChI=1S/C15H31NO/c1-5-13-6-8-14(9-7-13)10-16-15(11-17-4)12(2)3/h12-16H,5-11H2,1-4H3. The van der Waals surface area contributed by atoms with Crippen molar-refractivity contribution in [2.24, 2.45) is 17.8 Å². The predicted octanol–water partition coefficient (Wildman–Crippen LogP) is 3.46. The van der Waals surface area contributed by atoms with E-state index in [9.17, 15) is 0 Å². The fourth-order valence-electron chi connectivity index (χ4n) is 2.83. The number of hydrogen-bond donors (Lipinski definition) is 1. The van der Waals surface area contributed by atoms with Crippen molar-refractivity contribution in [2.75, 3.05) is 20.3 Å². The van der Waals surface area contributed by atoms with E-state index >= 15 is 0 Å². The molecule has 2 heteroatoms. The highest BCUT2D eigenvalue weighted by Crippen LogP contribution is 2.30. The average molecular weight is 241 g/mol. The SMILES string of the molecule is CCC1CCC(CNC(COC)C(C)C)CC1. The summed E-state index contributed by atoms with van der Waals surface area (Å²) in [5, 5.41) is 3.70. The summed E-state index contributed by atoms with van der Waals surface area (Å²) >= 11 is 0. The summed E-state index contributed by atoms with van der Waals surface area (Å²) in [5.41, 5.74) is 0. The maximum atomic E-state index is 5.28. The maximum absolute atomic E-state index is 5.28. The maximum Gasteiger partial charge on any atom is 0.0618 e. The third-order valence-electron chi connectivity index (χ3n) is 4.36. The van der Waals surface area contributed by atoms with Crippen LogP contribution in [0.5, 0.6) is 0 Å². The molecule has 17 heavy (non-hydrogen) atoms. The first-order valence-corrected chi connectivity index (χ1v) is 7.39. The molecule has 0 aromatic rings. The van der Waals surface area contributed by atoms with Gasteiger partial charge in [0.15, 0.2) is 0 Å². The van der Waals surface area contributed by atoms with Gasteiger partial charge in [-0.15, -0.1) is 0 Å². The first-order chi connectivity index (χ1) is 8.17. The van der Waals surface area contributed by atoms with E-state index < -0.39 is 0 Å². The summed E-state index contributed by atoms with van der Waals surface area (Å²) in [5.74, 6) is 2.56. The van der Waals surface area contributed by atoms with Gasteiger partial charge in [0.05, 0.1) is 6.61 Å². The fourth-order valence-corrected chi connectivity index (χ4v) is 2.83. The quantitative estimate of drug-likeness (QED) is 0.737. The predicted molar refractivity (Wildman–Crippen MR) is 74.2 cm³/mol. The van der Waals surface area contributed by atoms with E-state index in [1.807, 2.05) is 0 Å². The van der Waals surface area contributed by atoms with Gasteiger partial charge in [0.1, 0.15) is 0 Å². The van der Waals surface area contributed by atoms with Gasteiger partial charge in [-0.3, -0.25) is 0 Å². The minimum Gasteiger partial charge on any atom is -0.383 e. The highest BCUT2D eigenvalue weighted by Gasteiger charge is 2.21. The molecule has 0 aromatic carbocycles.